The number of hydrogen-bond donors (Lipinski definition) is 1. The van der Waals surface area contributed by atoms with Crippen LogP contribution in [0.4, 0.5) is 5.69 Å². The largest absolute Gasteiger partial charge is 0.311 e. The number of nitrogens with one attached hydrogen (secondary N) is 1. The number of hydrogen-bond acceptors (Lipinski definition) is 3. The lowest BCUT2D eigenvalue weighted by Gasteiger charge is -2.18. The summed E-state index contributed by atoms with van der Waals surface area (Å²) >= 11 is 0. The molecule has 0 spiro atoms. The molecular weight excluding hydrogens is 336 g/mol. The summed E-state index contributed by atoms with van der Waals surface area (Å²) in [6.45, 7) is 6.13. The van der Waals surface area contributed by atoms with Crippen LogP contribution in [0.5, 0.6) is 0 Å². The van der Waals surface area contributed by atoms with Gasteiger partial charge in [-0.05, 0) is 56.5 Å². The topological polar surface area (TPSA) is 66.5 Å². The van der Waals surface area contributed by atoms with Gasteiger partial charge in [-0.2, -0.15) is 4.72 Å². The summed E-state index contributed by atoms with van der Waals surface area (Å²) in [7, 11) is -3.74. The number of carbonyl (C=O) groups excluding carboxylic acids is 1. The van der Waals surface area contributed by atoms with Gasteiger partial charge >= 0.3 is 0 Å². The maximum atomic E-state index is 12.7. The Morgan fingerprint density at radius 2 is 1.72 bits per heavy atom. The molecular formula is C19H22N2O3S. The molecule has 1 N–H and O–H groups in total. The van der Waals surface area contributed by atoms with Crippen LogP contribution in [-0.4, -0.2) is 26.9 Å². The molecule has 1 atom stereocenters. The average Bonchev–Trinajstić information content (AvgIpc) is 2.91. The first-order valence-electron chi connectivity index (χ1n) is 8.26. The van der Waals surface area contributed by atoms with Crippen molar-refractivity contribution in [2.24, 2.45) is 0 Å². The second-order valence-electron chi connectivity index (χ2n) is 6.49. The minimum atomic E-state index is -3.74. The van der Waals surface area contributed by atoms with Crippen molar-refractivity contribution >= 4 is 21.6 Å². The van der Waals surface area contributed by atoms with Crippen molar-refractivity contribution < 1.29 is 13.2 Å². The van der Waals surface area contributed by atoms with Crippen LogP contribution in [0.1, 0.15) is 23.1 Å². The van der Waals surface area contributed by atoms with Gasteiger partial charge in [0.2, 0.25) is 15.9 Å². The second-order valence-corrected chi connectivity index (χ2v) is 8.17. The third-order valence-electron chi connectivity index (χ3n) is 4.69. The number of anilines is 1. The number of benzene rings is 2. The van der Waals surface area contributed by atoms with Gasteiger partial charge in [-0.1, -0.05) is 29.8 Å². The number of rotatable bonds is 4. The molecule has 132 valence electrons. The Balaban J connectivity index is 1.81. The first-order chi connectivity index (χ1) is 11.8. The summed E-state index contributed by atoms with van der Waals surface area (Å²) in [5, 5.41) is 0. The van der Waals surface area contributed by atoms with Crippen LogP contribution in [0.2, 0.25) is 0 Å². The molecule has 0 saturated carbocycles. The Morgan fingerprint density at radius 3 is 2.40 bits per heavy atom. The quantitative estimate of drug-likeness (QED) is 0.914. The SMILES string of the molecule is Cc1ccc(N2CCC(NS(=O)(=O)c3cccc(C)c3C)C2=O)cc1. The van der Waals surface area contributed by atoms with Crippen molar-refractivity contribution in [3.63, 3.8) is 0 Å². The van der Waals surface area contributed by atoms with E-state index in [1.165, 1.54) is 0 Å². The van der Waals surface area contributed by atoms with E-state index < -0.39 is 16.1 Å². The van der Waals surface area contributed by atoms with Gasteiger partial charge in [0.25, 0.3) is 0 Å². The number of sulfonamides is 1. The van der Waals surface area contributed by atoms with Crippen molar-refractivity contribution in [3.8, 4) is 0 Å². The summed E-state index contributed by atoms with van der Waals surface area (Å²) in [4.78, 5) is 14.5. The standard InChI is InChI=1S/C19H22N2O3S/c1-13-7-9-16(10-8-13)21-12-11-17(19(21)22)20-25(23,24)18-6-4-5-14(2)15(18)3/h4-10,17,20H,11-12H2,1-3H3. The molecule has 5 nitrogen and oxygen atoms in total. The summed E-state index contributed by atoms with van der Waals surface area (Å²) < 4.78 is 28.0. The Morgan fingerprint density at radius 1 is 1.04 bits per heavy atom. The minimum absolute atomic E-state index is 0.210. The normalized spacial score (nSPS) is 18.0. The van der Waals surface area contributed by atoms with Crippen LogP contribution in [0, 0.1) is 20.8 Å². The third-order valence-corrected chi connectivity index (χ3v) is 6.31. The summed E-state index contributed by atoms with van der Waals surface area (Å²) in [5.41, 5.74) is 3.52. The predicted molar refractivity (Wildman–Crippen MR) is 98.2 cm³/mol. The van der Waals surface area contributed by atoms with Gasteiger partial charge < -0.3 is 4.90 Å². The molecule has 1 aliphatic heterocycles. The zero-order chi connectivity index (χ0) is 18.2. The van der Waals surface area contributed by atoms with Crippen molar-refractivity contribution in [3.05, 3.63) is 59.2 Å². The maximum Gasteiger partial charge on any atom is 0.245 e. The van der Waals surface area contributed by atoms with Gasteiger partial charge in [-0.3, -0.25) is 4.79 Å². The Hall–Kier alpha value is -2.18. The summed E-state index contributed by atoms with van der Waals surface area (Å²) in [6, 6.07) is 12.1. The molecule has 0 bridgehead atoms. The fourth-order valence-corrected chi connectivity index (χ4v) is 4.58. The van der Waals surface area contributed by atoms with E-state index in [0.29, 0.717) is 18.5 Å². The second kappa shape index (κ2) is 6.61. The van der Waals surface area contributed by atoms with Crippen LogP contribution in [-0.2, 0) is 14.8 Å². The lowest BCUT2D eigenvalue weighted by Crippen LogP contribution is -2.41. The lowest BCUT2D eigenvalue weighted by atomic mass is 10.1. The Labute approximate surface area is 148 Å². The van der Waals surface area contributed by atoms with Gasteiger partial charge in [0.05, 0.1) is 4.90 Å². The molecule has 1 amide bonds. The van der Waals surface area contributed by atoms with Crippen LogP contribution in [0.3, 0.4) is 0 Å². The molecule has 2 aromatic rings. The zero-order valence-corrected chi connectivity index (χ0v) is 15.4. The Bertz CT molecular complexity index is 905. The van der Waals surface area contributed by atoms with E-state index in [-0.39, 0.29) is 10.8 Å². The van der Waals surface area contributed by atoms with E-state index in [1.807, 2.05) is 44.2 Å². The summed E-state index contributed by atoms with van der Waals surface area (Å²) in [6.07, 6.45) is 0.455. The average molecular weight is 358 g/mol. The van der Waals surface area contributed by atoms with Gasteiger partial charge in [0.15, 0.2) is 0 Å². The number of carbonyl (C=O) groups is 1. The molecule has 3 rings (SSSR count). The van der Waals surface area contributed by atoms with Crippen LogP contribution in [0.15, 0.2) is 47.4 Å². The van der Waals surface area contributed by atoms with E-state index in [1.54, 1.807) is 24.0 Å². The maximum absolute atomic E-state index is 12.7. The molecule has 0 aromatic heterocycles. The molecule has 6 heteroatoms. The van der Waals surface area contributed by atoms with Gasteiger partial charge in [0, 0.05) is 12.2 Å². The highest BCUT2D eigenvalue weighted by atomic mass is 32.2. The van der Waals surface area contributed by atoms with E-state index in [0.717, 1.165) is 16.8 Å². The van der Waals surface area contributed by atoms with Crippen LogP contribution >= 0.6 is 0 Å². The van der Waals surface area contributed by atoms with Crippen molar-refractivity contribution in [2.75, 3.05) is 11.4 Å². The zero-order valence-electron chi connectivity index (χ0n) is 14.6. The van der Waals surface area contributed by atoms with Gasteiger partial charge in [-0.25, -0.2) is 8.42 Å². The number of aryl methyl sites for hydroxylation is 2. The molecule has 25 heavy (non-hydrogen) atoms. The highest BCUT2D eigenvalue weighted by molar-refractivity contribution is 7.89. The third kappa shape index (κ3) is 3.45. The molecule has 0 radical (unpaired) electrons. The monoisotopic (exact) mass is 358 g/mol. The van der Waals surface area contributed by atoms with Gasteiger partial charge in [-0.15, -0.1) is 0 Å². The van der Waals surface area contributed by atoms with Crippen molar-refractivity contribution in [1.82, 2.24) is 4.72 Å². The molecule has 1 heterocycles. The highest BCUT2D eigenvalue weighted by Crippen LogP contribution is 2.24. The fourth-order valence-electron chi connectivity index (χ4n) is 3.04. The van der Waals surface area contributed by atoms with E-state index in [2.05, 4.69) is 4.72 Å². The smallest absolute Gasteiger partial charge is 0.245 e. The lowest BCUT2D eigenvalue weighted by molar-refractivity contribution is -0.118. The fraction of sp³-hybridized carbons (Fsp3) is 0.316. The molecule has 1 aliphatic rings. The van der Waals surface area contributed by atoms with E-state index >= 15 is 0 Å². The number of amides is 1. The summed E-state index contributed by atoms with van der Waals surface area (Å²) in [5.74, 6) is -0.210. The van der Waals surface area contributed by atoms with Crippen LogP contribution in [0.25, 0.3) is 0 Å². The molecule has 1 saturated heterocycles. The molecule has 0 aliphatic carbocycles. The van der Waals surface area contributed by atoms with E-state index in [4.69, 9.17) is 0 Å². The first kappa shape index (κ1) is 17.6. The first-order valence-corrected chi connectivity index (χ1v) is 9.74. The minimum Gasteiger partial charge on any atom is -0.311 e. The Kier molecular flexibility index (Phi) is 4.67. The molecule has 1 fully saturated rings. The van der Waals surface area contributed by atoms with Crippen LogP contribution < -0.4 is 9.62 Å². The van der Waals surface area contributed by atoms with Crippen molar-refractivity contribution in [2.45, 2.75) is 38.1 Å². The van der Waals surface area contributed by atoms with Crippen molar-refractivity contribution in [1.29, 1.82) is 0 Å². The van der Waals surface area contributed by atoms with E-state index in [9.17, 15) is 13.2 Å². The number of nitrogens with zero attached hydrogens (tertiary/aromatic N) is 1. The van der Waals surface area contributed by atoms with Gasteiger partial charge in [0.1, 0.15) is 6.04 Å². The molecule has 1 unspecified atom stereocenters. The predicted octanol–water partition coefficient (Wildman–Crippen LogP) is 2.70. The molecule has 2 aromatic carbocycles. The highest BCUT2D eigenvalue weighted by Gasteiger charge is 2.36.